The minimum Gasteiger partial charge on any atom is -0.477 e. The van der Waals surface area contributed by atoms with Crippen molar-refractivity contribution in [2.75, 3.05) is 50.1 Å². The van der Waals surface area contributed by atoms with Gasteiger partial charge in [-0.25, -0.2) is 13.5 Å². The highest BCUT2D eigenvalue weighted by Gasteiger charge is 2.46. The Morgan fingerprint density at radius 1 is 1.00 bits per heavy atom. The summed E-state index contributed by atoms with van der Waals surface area (Å²) in [6.07, 6.45) is 7.53. The minimum absolute atomic E-state index is 0.00102. The van der Waals surface area contributed by atoms with Gasteiger partial charge in [0.1, 0.15) is 11.6 Å². The second-order valence-electron chi connectivity index (χ2n) is 17.2. The highest BCUT2D eigenvalue weighted by atomic mass is 19.1. The standard InChI is InChI=1S/C45H49F2N9O5/c1-26-19-29-22-36(49-26)32-24-48-54(3)43(32)61-18-4-12-45(13-14-45)25-56-37-23-28(5-7-35(37)50-44(56)52-40(29)58)42(60)53(2)30-10-16-55(17-11-30)15-9-27-20-33(46)39(34(47)21-27)31-6-8-38(57)51-41(31)59/h5,7,19-24,30-31H,4,6,8-18,25H2,1-3H3,(H,50,52,58)(H,51,57,59)/t31-/m1/s1. The number of benzene rings is 2. The lowest BCUT2D eigenvalue weighted by Gasteiger charge is -2.37. The van der Waals surface area contributed by atoms with Crippen molar-refractivity contribution >= 4 is 41.0 Å². The third kappa shape index (κ3) is 8.12. The number of guanidine groups is 1. The van der Waals surface area contributed by atoms with E-state index in [0.29, 0.717) is 84.7 Å². The lowest BCUT2D eigenvalue weighted by atomic mass is 9.89. The Hall–Kier alpha value is -6.03. The fourth-order valence-electron chi connectivity index (χ4n) is 9.29. The van der Waals surface area contributed by atoms with Gasteiger partial charge in [-0.05, 0) is 112 Å². The first kappa shape index (κ1) is 40.4. The van der Waals surface area contributed by atoms with E-state index in [2.05, 4.69) is 30.5 Å². The van der Waals surface area contributed by atoms with Crippen LogP contribution in [0.5, 0.6) is 5.88 Å². The van der Waals surface area contributed by atoms with Crippen molar-refractivity contribution in [1.29, 1.82) is 0 Å². The van der Waals surface area contributed by atoms with Crippen LogP contribution in [0.15, 0.2) is 53.7 Å². The number of halogens is 2. The fourth-order valence-corrected chi connectivity index (χ4v) is 9.29. The molecule has 1 aliphatic carbocycles. The average Bonchev–Trinajstić information content (AvgIpc) is 3.79. The number of nitrogens with one attached hydrogen (secondary N) is 2. The molecule has 2 aromatic heterocycles. The summed E-state index contributed by atoms with van der Waals surface area (Å²) in [5.74, 6) is -3.18. The van der Waals surface area contributed by atoms with E-state index in [9.17, 15) is 19.2 Å². The molecule has 318 valence electrons. The molecule has 2 bridgehead atoms. The first-order chi connectivity index (χ1) is 29.3. The van der Waals surface area contributed by atoms with Gasteiger partial charge in [-0.15, -0.1) is 0 Å². The van der Waals surface area contributed by atoms with E-state index in [0.717, 1.165) is 49.9 Å². The van der Waals surface area contributed by atoms with E-state index in [1.165, 1.54) is 12.1 Å². The van der Waals surface area contributed by atoms with E-state index in [4.69, 9.17) is 9.72 Å². The number of aryl methyl sites for hydroxylation is 2. The molecule has 6 heterocycles. The van der Waals surface area contributed by atoms with Gasteiger partial charge in [0.05, 0.1) is 41.4 Å². The predicted molar refractivity (Wildman–Crippen MR) is 223 cm³/mol. The molecule has 1 atom stereocenters. The number of pyridine rings is 1. The number of rotatable bonds is 6. The number of anilines is 2. The Kier molecular flexibility index (Phi) is 10.7. The molecular weight excluding hydrogens is 785 g/mol. The van der Waals surface area contributed by atoms with Crippen molar-refractivity contribution in [2.45, 2.75) is 76.7 Å². The molecule has 2 N–H and O–H groups in total. The SMILES string of the molecule is Cc1cc2cc(n1)-c1cnn(C)c1OCCCC1(CC1)CN1/C(=N/C2=O)Nc2ccc(C(=O)N(C)C3CCN(CCc4cc(F)c([C@H]5CCC(=O)NC5=O)c(F)c4)CC3)cc21. The predicted octanol–water partition coefficient (Wildman–Crippen LogP) is 5.75. The van der Waals surface area contributed by atoms with Crippen molar-refractivity contribution in [3.8, 4) is 17.1 Å². The van der Waals surface area contributed by atoms with Crippen LogP contribution in [0.2, 0.25) is 0 Å². The number of aromatic nitrogens is 3. The number of hydrogen-bond donors (Lipinski definition) is 2. The molecular formula is C45H49F2N9O5. The van der Waals surface area contributed by atoms with Gasteiger partial charge >= 0.3 is 0 Å². The molecule has 2 aromatic carbocycles. The van der Waals surface area contributed by atoms with Crippen LogP contribution in [-0.2, 0) is 23.1 Å². The van der Waals surface area contributed by atoms with Gasteiger partial charge < -0.3 is 24.8 Å². The van der Waals surface area contributed by atoms with Crippen LogP contribution in [0, 0.1) is 24.0 Å². The van der Waals surface area contributed by atoms with E-state index in [-0.39, 0.29) is 35.8 Å². The summed E-state index contributed by atoms with van der Waals surface area (Å²) in [7, 11) is 3.66. The smallest absolute Gasteiger partial charge is 0.280 e. The normalized spacial score (nSPS) is 21.2. The molecule has 4 aromatic rings. The van der Waals surface area contributed by atoms with Gasteiger partial charge in [-0.1, -0.05) is 0 Å². The van der Waals surface area contributed by atoms with E-state index in [1.54, 1.807) is 23.0 Å². The molecule has 1 saturated carbocycles. The first-order valence-corrected chi connectivity index (χ1v) is 21.1. The highest BCUT2D eigenvalue weighted by Crippen LogP contribution is 2.52. The number of piperidine rings is 2. The van der Waals surface area contributed by atoms with Gasteiger partial charge in [0.2, 0.25) is 23.7 Å². The van der Waals surface area contributed by atoms with Crippen LogP contribution in [0.3, 0.4) is 0 Å². The van der Waals surface area contributed by atoms with Crippen molar-refractivity contribution in [3.05, 3.63) is 88.2 Å². The maximum Gasteiger partial charge on any atom is 0.280 e. The summed E-state index contributed by atoms with van der Waals surface area (Å²) in [5, 5.41) is 9.96. The lowest BCUT2D eigenvalue weighted by molar-refractivity contribution is -0.134. The van der Waals surface area contributed by atoms with Gasteiger partial charge in [0, 0.05) is 75.1 Å². The van der Waals surface area contributed by atoms with Crippen LogP contribution < -0.4 is 20.3 Å². The summed E-state index contributed by atoms with van der Waals surface area (Å²) < 4.78 is 38.2. The number of imide groups is 1. The van der Waals surface area contributed by atoms with Crippen LogP contribution in [0.25, 0.3) is 11.3 Å². The van der Waals surface area contributed by atoms with Crippen LogP contribution >= 0.6 is 0 Å². The Labute approximate surface area is 352 Å². The molecule has 0 radical (unpaired) electrons. The molecule has 0 unspecified atom stereocenters. The molecule has 2 saturated heterocycles. The molecule has 1 spiro atoms. The monoisotopic (exact) mass is 833 g/mol. The third-order valence-corrected chi connectivity index (χ3v) is 13.0. The van der Waals surface area contributed by atoms with Crippen molar-refractivity contribution < 1.29 is 32.7 Å². The Balaban J connectivity index is 0.873. The Bertz CT molecular complexity index is 2450. The summed E-state index contributed by atoms with van der Waals surface area (Å²) in [4.78, 5) is 67.3. The summed E-state index contributed by atoms with van der Waals surface area (Å²) >= 11 is 0. The fraction of sp³-hybridized carbons (Fsp3) is 0.444. The number of aliphatic imine (C=N–C) groups is 1. The van der Waals surface area contributed by atoms with Crippen molar-refractivity contribution in [1.82, 2.24) is 29.9 Å². The Morgan fingerprint density at radius 3 is 2.51 bits per heavy atom. The number of ether oxygens (including phenoxy) is 1. The quantitative estimate of drug-likeness (QED) is 0.230. The molecule has 4 amide bonds. The zero-order valence-electron chi connectivity index (χ0n) is 34.6. The number of carbonyl (C=O) groups excluding carboxylic acids is 4. The third-order valence-electron chi connectivity index (χ3n) is 13.0. The summed E-state index contributed by atoms with van der Waals surface area (Å²) in [6.45, 7) is 4.99. The lowest BCUT2D eigenvalue weighted by Crippen LogP contribution is -2.46. The summed E-state index contributed by atoms with van der Waals surface area (Å²) in [6, 6.07) is 11.6. The number of nitrogens with zero attached hydrogens (tertiary/aromatic N) is 7. The molecule has 16 heteroatoms. The molecule has 5 aliphatic rings. The Morgan fingerprint density at radius 2 is 1.77 bits per heavy atom. The van der Waals surface area contributed by atoms with E-state index < -0.39 is 35.3 Å². The van der Waals surface area contributed by atoms with Gasteiger partial charge in [-0.2, -0.15) is 10.1 Å². The number of amides is 4. The van der Waals surface area contributed by atoms with Gasteiger partial charge in [-0.3, -0.25) is 29.5 Å². The largest absolute Gasteiger partial charge is 0.477 e. The van der Waals surface area contributed by atoms with Crippen LogP contribution in [-0.4, -0.2) is 100 Å². The maximum atomic E-state index is 15.1. The van der Waals surface area contributed by atoms with Crippen molar-refractivity contribution in [2.24, 2.45) is 17.5 Å². The average molecular weight is 834 g/mol. The molecule has 4 aliphatic heterocycles. The van der Waals surface area contributed by atoms with Gasteiger partial charge in [0.15, 0.2) is 0 Å². The highest BCUT2D eigenvalue weighted by molar-refractivity contribution is 6.19. The molecule has 3 fully saturated rings. The first-order valence-electron chi connectivity index (χ1n) is 21.1. The van der Waals surface area contributed by atoms with Crippen molar-refractivity contribution in [3.63, 3.8) is 0 Å². The zero-order valence-corrected chi connectivity index (χ0v) is 34.6. The topological polar surface area (TPSA) is 154 Å². The number of hydrogen-bond acceptors (Lipinski definition) is 10. The zero-order chi connectivity index (χ0) is 42.6. The molecule has 61 heavy (non-hydrogen) atoms. The second-order valence-corrected chi connectivity index (χ2v) is 17.2. The van der Waals surface area contributed by atoms with Gasteiger partial charge in [0.25, 0.3) is 11.8 Å². The second kappa shape index (κ2) is 16.1. The number of likely N-dealkylation sites (tertiary alicyclic amines) is 1. The van der Waals surface area contributed by atoms with Crippen LogP contribution in [0.4, 0.5) is 20.2 Å². The summed E-state index contributed by atoms with van der Waals surface area (Å²) in [5.41, 5.74) is 4.69. The number of carbonyl (C=O) groups is 4. The van der Waals surface area contributed by atoms with Crippen LogP contribution in [0.1, 0.15) is 94.8 Å². The minimum atomic E-state index is -1.03. The molecule has 14 nitrogen and oxygen atoms in total. The van der Waals surface area contributed by atoms with E-state index in [1.807, 2.05) is 44.1 Å². The number of fused-ring (bicyclic) bond motifs is 7. The molecule has 9 rings (SSSR count). The van der Waals surface area contributed by atoms with E-state index >= 15 is 8.78 Å². The maximum absolute atomic E-state index is 15.1.